The van der Waals surface area contributed by atoms with Crippen LogP contribution in [0.15, 0.2) is 36.3 Å². The fourth-order valence-electron chi connectivity index (χ4n) is 3.73. The molecule has 0 saturated carbocycles. The van der Waals surface area contributed by atoms with Crippen molar-refractivity contribution in [3.05, 3.63) is 123 Å². The molecule has 49 heavy (non-hydrogen) atoms. The summed E-state index contributed by atoms with van der Waals surface area (Å²) < 4.78 is 303. The molecular weight excluding hydrogens is 747 g/mol. The monoisotopic (exact) mass is 748 g/mol. The molecule has 0 aliphatic rings. The van der Waals surface area contributed by atoms with E-state index in [1.807, 2.05) is 0 Å². The SMILES string of the molecule is FC(F)=C(F)Oc1c(F)c(F)c(C(c2c(F)c(F)c(OC(F)=C(F)F)c(F)c2F)c2c(F)c(F)c(OC(F)=C(F)F)c(F)c2F)c(F)c1F. The van der Waals surface area contributed by atoms with Gasteiger partial charge in [0.25, 0.3) is 0 Å². The van der Waals surface area contributed by atoms with Crippen LogP contribution in [0.1, 0.15) is 22.6 Å². The van der Waals surface area contributed by atoms with Crippen molar-refractivity contribution in [2.45, 2.75) is 5.92 Å². The Labute approximate surface area is 253 Å². The molecule has 0 saturated heterocycles. The second kappa shape index (κ2) is 14.1. The van der Waals surface area contributed by atoms with Crippen molar-refractivity contribution in [1.82, 2.24) is 0 Å². The van der Waals surface area contributed by atoms with Crippen molar-refractivity contribution >= 4 is 0 Å². The average Bonchev–Trinajstić information content (AvgIpc) is 3.03. The van der Waals surface area contributed by atoms with Crippen molar-refractivity contribution in [1.29, 1.82) is 0 Å². The van der Waals surface area contributed by atoms with Gasteiger partial charge in [0, 0.05) is 16.7 Å². The maximum Gasteiger partial charge on any atom is 0.344 e. The zero-order valence-electron chi connectivity index (χ0n) is 21.7. The molecular formula is C25HF21O3. The number of rotatable bonds is 9. The summed E-state index contributed by atoms with van der Waals surface area (Å²) in [4.78, 5) is 0. The average molecular weight is 748 g/mol. The first-order valence-electron chi connectivity index (χ1n) is 11.3. The third-order valence-corrected chi connectivity index (χ3v) is 5.66. The predicted molar refractivity (Wildman–Crippen MR) is 113 cm³/mol. The molecule has 0 atom stereocenters. The molecule has 266 valence electrons. The first kappa shape index (κ1) is 38.3. The Balaban J connectivity index is 2.63. The van der Waals surface area contributed by atoms with Crippen molar-refractivity contribution in [2.24, 2.45) is 0 Å². The summed E-state index contributed by atoms with van der Waals surface area (Å²) >= 11 is 0. The number of benzene rings is 3. The standard InChI is InChI=1S/C25HF21O3/c26-5-2(6(27)12(33)17(11(5)32)47-23(44)20(38)39)1(3-7(28)13(34)18(14(35)8(3)29)48-24(45)21(40)41)4-9(30)15(36)19(16(37)10(4)31)49-25(46)22(42)43/h1H. The summed E-state index contributed by atoms with van der Waals surface area (Å²) in [6, 6.07) is -9.90. The lowest BCUT2D eigenvalue weighted by Crippen LogP contribution is -2.21. The Morgan fingerprint density at radius 1 is 0.286 bits per heavy atom. The van der Waals surface area contributed by atoms with Gasteiger partial charge < -0.3 is 14.2 Å². The van der Waals surface area contributed by atoms with Gasteiger partial charge in [0.15, 0.2) is 34.9 Å². The lowest BCUT2D eigenvalue weighted by Gasteiger charge is -2.25. The molecule has 24 heteroatoms. The van der Waals surface area contributed by atoms with Gasteiger partial charge in [0.05, 0.1) is 5.92 Å². The summed E-state index contributed by atoms with van der Waals surface area (Å²) in [6.07, 6.45) is -10.7. The van der Waals surface area contributed by atoms with Crippen LogP contribution in [0.3, 0.4) is 0 Å². The lowest BCUT2D eigenvalue weighted by atomic mass is 9.82. The number of hydrogen-bond acceptors (Lipinski definition) is 3. The third-order valence-electron chi connectivity index (χ3n) is 5.66. The van der Waals surface area contributed by atoms with Crippen LogP contribution in [0, 0.1) is 69.8 Å². The molecule has 0 fully saturated rings. The van der Waals surface area contributed by atoms with Crippen LogP contribution < -0.4 is 14.2 Å². The van der Waals surface area contributed by atoms with Crippen LogP contribution in [0.5, 0.6) is 17.2 Å². The molecule has 0 spiro atoms. The van der Waals surface area contributed by atoms with E-state index in [1.54, 1.807) is 0 Å². The molecule has 0 aliphatic carbocycles. The van der Waals surface area contributed by atoms with E-state index in [4.69, 9.17) is 0 Å². The molecule has 3 aromatic carbocycles. The van der Waals surface area contributed by atoms with Crippen molar-refractivity contribution in [2.75, 3.05) is 0 Å². The van der Waals surface area contributed by atoms with E-state index < -0.39 is 146 Å². The van der Waals surface area contributed by atoms with Gasteiger partial charge in [-0.05, 0) is 0 Å². The topological polar surface area (TPSA) is 27.7 Å². The maximum atomic E-state index is 15.2. The van der Waals surface area contributed by atoms with Gasteiger partial charge in [-0.2, -0.15) is 65.9 Å². The fourth-order valence-corrected chi connectivity index (χ4v) is 3.73. The summed E-state index contributed by atoms with van der Waals surface area (Å²) in [5, 5.41) is 0. The van der Waals surface area contributed by atoms with Crippen molar-refractivity contribution < 1.29 is 106 Å². The fraction of sp³-hybridized carbons (Fsp3) is 0.0400. The van der Waals surface area contributed by atoms with Crippen LogP contribution >= 0.6 is 0 Å². The molecule has 0 amide bonds. The van der Waals surface area contributed by atoms with Crippen molar-refractivity contribution in [3.8, 4) is 17.2 Å². The minimum absolute atomic E-state index is 2.86. The van der Waals surface area contributed by atoms with E-state index >= 15 is 26.3 Å². The number of halogens is 21. The molecule has 0 unspecified atom stereocenters. The van der Waals surface area contributed by atoms with Gasteiger partial charge in [-0.25, -0.2) is 26.3 Å². The Bertz CT molecular complexity index is 1650. The molecule has 0 radical (unpaired) electrons. The van der Waals surface area contributed by atoms with E-state index in [1.165, 1.54) is 0 Å². The predicted octanol–water partition coefficient (Wildman–Crippen LogP) is 10.8. The summed E-state index contributed by atoms with van der Waals surface area (Å²) in [5.74, 6) is -53.2. The Morgan fingerprint density at radius 3 is 0.592 bits per heavy atom. The van der Waals surface area contributed by atoms with E-state index in [0.29, 0.717) is 0 Å². The van der Waals surface area contributed by atoms with E-state index in [9.17, 15) is 65.9 Å². The summed E-state index contributed by atoms with van der Waals surface area (Å²) in [5.41, 5.74) is -9.15. The number of hydrogen-bond donors (Lipinski definition) is 0. The molecule has 3 nitrogen and oxygen atoms in total. The normalized spacial score (nSPS) is 11.1. The minimum Gasteiger partial charge on any atom is -0.421 e. The van der Waals surface area contributed by atoms with Crippen LogP contribution in [0.25, 0.3) is 0 Å². The quantitative estimate of drug-likeness (QED) is 0.0944. The summed E-state index contributed by atoms with van der Waals surface area (Å²) in [7, 11) is 0. The highest BCUT2D eigenvalue weighted by Gasteiger charge is 2.44. The molecule has 0 aliphatic heterocycles. The Morgan fingerprint density at radius 2 is 0.449 bits per heavy atom. The largest absolute Gasteiger partial charge is 0.421 e. The second-order valence-corrected chi connectivity index (χ2v) is 8.34. The Hall–Kier alpha value is -5.19. The van der Waals surface area contributed by atoms with Crippen molar-refractivity contribution in [3.63, 3.8) is 0 Å². The van der Waals surface area contributed by atoms with Gasteiger partial charge in [0.1, 0.15) is 0 Å². The van der Waals surface area contributed by atoms with Gasteiger partial charge >= 0.3 is 36.3 Å². The smallest absolute Gasteiger partial charge is 0.344 e. The molecule has 3 rings (SSSR count). The second-order valence-electron chi connectivity index (χ2n) is 8.34. The van der Waals surface area contributed by atoms with Gasteiger partial charge in [0.2, 0.25) is 52.2 Å². The van der Waals surface area contributed by atoms with E-state index in [2.05, 4.69) is 14.2 Å². The molecule has 0 bridgehead atoms. The zero-order valence-corrected chi connectivity index (χ0v) is 21.7. The highest BCUT2D eigenvalue weighted by Crippen LogP contribution is 2.48. The lowest BCUT2D eigenvalue weighted by molar-refractivity contribution is 0.219. The highest BCUT2D eigenvalue weighted by molar-refractivity contribution is 5.52. The van der Waals surface area contributed by atoms with Crippen LogP contribution in [0.2, 0.25) is 0 Å². The maximum absolute atomic E-state index is 15.2. The Kier molecular flexibility index (Phi) is 11.0. The third kappa shape index (κ3) is 6.75. The molecule has 0 heterocycles. The van der Waals surface area contributed by atoms with E-state index in [0.717, 1.165) is 0 Å². The zero-order chi connectivity index (χ0) is 37.6. The first-order chi connectivity index (χ1) is 22.6. The van der Waals surface area contributed by atoms with Crippen LogP contribution in [0.4, 0.5) is 92.2 Å². The van der Waals surface area contributed by atoms with E-state index in [-0.39, 0.29) is 0 Å². The molecule has 3 aromatic rings. The van der Waals surface area contributed by atoms with Crippen LogP contribution in [-0.2, 0) is 0 Å². The first-order valence-corrected chi connectivity index (χ1v) is 11.3. The molecule has 0 aromatic heterocycles. The van der Waals surface area contributed by atoms with Gasteiger partial charge in [-0.1, -0.05) is 0 Å². The minimum atomic E-state index is -4.43. The van der Waals surface area contributed by atoms with Gasteiger partial charge in [-0.3, -0.25) is 0 Å². The number of ether oxygens (including phenoxy) is 3. The van der Waals surface area contributed by atoms with Crippen LogP contribution in [-0.4, -0.2) is 0 Å². The molecule has 0 N–H and O–H groups in total. The highest BCUT2D eigenvalue weighted by atomic mass is 19.3. The van der Waals surface area contributed by atoms with Gasteiger partial charge in [-0.15, -0.1) is 0 Å². The summed E-state index contributed by atoms with van der Waals surface area (Å²) in [6.45, 7) is 0.